The summed E-state index contributed by atoms with van der Waals surface area (Å²) in [6, 6.07) is 3.81. The number of nitrogens with one attached hydrogen (secondary N) is 2. The highest BCUT2D eigenvalue weighted by Gasteiger charge is 2.31. The number of carbonyl (C=O) groups is 3. The van der Waals surface area contributed by atoms with Crippen molar-refractivity contribution in [3.05, 3.63) is 52.1 Å². The lowest BCUT2D eigenvalue weighted by Gasteiger charge is -2.28. The molecule has 1 aliphatic carbocycles. The third-order valence-corrected chi connectivity index (χ3v) is 6.04. The summed E-state index contributed by atoms with van der Waals surface area (Å²) >= 11 is 0. The van der Waals surface area contributed by atoms with Gasteiger partial charge in [-0.15, -0.1) is 0 Å². The van der Waals surface area contributed by atoms with Crippen LogP contribution in [0.1, 0.15) is 63.4 Å². The predicted molar refractivity (Wildman–Crippen MR) is 115 cm³/mol. The van der Waals surface area contributed by atoms with E-state index < -0.39 is 29.7 Å². The number of rotatable bonds is 5. The van der Waals surface area contributed by atoms with E-state index in [1.54, 1.807) is 27.8 Å². The zero-order valence-corrected chi connectivity index (χ0v) is 18.2. The molecule has 0 saturated heterocycles. The molecule has 166 valence electrons. The summed E-state index contributed by atoms with van der Waals surface area (Å²) in [5.41, 5.74) is 2.17. The largest absolute Gasteiger partial charge is 0.391 e. The summed E-state index contributed by atoms with van der Waals surface area (Å²) in [5, 5.41) is 15.4. The summed E-state index contributed by atoms with van der Waals surface area (Å²) in [5.74, 6) is -2.36. The topological polar surface area (TPSA) is 100 Å². The van der Waals surface area contributed by atoms with E-state index in [-0.39, 0.29) is 11.5 Å². The SMILES string of the molecule is Cc1cc(NC(=O)c2c(C)c(C(=O)C(=O)NC3CCCC[C@H]3O)n(C)c2C)ccc1F. The van der Waals surface area contributed by atoms with Crippen LogP contribution in [0.3, 0.4) is 0 Å². The Labute approximate surface area is 180 Å². The molecule has 1 aromatic carbocycles. The molecule has 0 spiro atoms. The van der Waals surface area contributed by atoms with E-state index in [0.717, 1.165) is 12.8 Å². The molecule has 1 aliphatic rings. The van der Waals surface area contributed by atoms with E-state index in [4.69, 9.17) is 0 Å². The van der Waals surface area contributed by atoms with Gasteiger partial charge in [-0.2, -0.15) is 0 Å². The minimum Gasteiger partial charge on any atom is -0.391 e. The lowest BCUT2D eigenvalue weighted by molar-refractivity contribution is -0.118. The number of benzene rings is 1. The Kier molecular flexibility index (Phi) is 6.59. The third kappa shape index (κ3) is 4.54. The van der Waals surface area contributed by atoms with E-state index in [1.807, 2.05) is 0 Å². The second-order valence-corrected chi connectivity index (χ2v) is 8.17. The molecular formula is C23H28FN3O4. The maximum atomic E-state index is 13.5. The summed E-state index contributed by atoms with van der Waals surface area (Å²) in [6.07, 6.45) is 2.32. The number of hydrogen-bond acceptors (Lipinski definition) is 4. The predicted octanol–water partition coefficient (Wildman–Crippen LogP) is 2.94. The smallest absolute Gasteiger partial charge is 0.294 e. The van der Waals surface area contributed by atoms with Crippen molar-refractivity contribution in [1.82, 2.24) is 9.88 Å². The molecule has 1 aromatic heterocycles. The molecule has 0 aliphatic heterocycles. The van der Waals surface area contributed by atoms with Crippen LogP contribution in [0, 0.1) is 26.6 Å². The molecule has 0 radical (unpaired) electrons. The number of aromatic nitrogens is 1. The van der Waals surface area contributed by atoms with Crippen molar-refractivity contribution in [2.45, 2.75) is 58.6 Å². The second kappa shape index (κ2) is 9.01. The molecule has 1 heterocycles. The molecule has 7 nitrogen and oxygen atoms in total. The maximum Gasteiger partial charge on any atom is 0.294 e. The van der Waals surface area contributed by atoms with Crippen molar-refractivity contribution >= 4 is 23.3 Å². The standard InChI is InChI=1S/C23H28FN3O4/c1-12-11-15(9-10-16(12)24)25-22(30)19-13(2)20(27(4)14(19)3)21(29)23(31)26-17-7-5-6-8-18(17)28/h9-11,17-18,28H,5-8H2,1-4H3,(H,25,30)(H,26,31)/t17?,18-/m1/s1. The fourth-order valence-corrected chi connectivity index (χ4v) is 4.17. The number of nitrogens with zero attached hydrogens (tertiary/aromatic N) is 1. The number of carbonyl (C=O) groups excluding carboxylic acids is 3. The van der Waals surface area contributed by atoms with Crippen LogP contribution >= 0.6 is 0 Å². The van der Waals surface area contributed by atoms with Gasteiger partial charge in [0.2, 0.25) is 0 Å². The minimum absolute atomic E-state index is 0.126. The second-order valence-electron chi connectivity index (χ2n) is 8.17. The van der Waals surface area contributed by atoms with Crippen molar-refractivity contribution < 1.29 is 23.9 Å². The summed E-state index contributed by atoms with van der Waals surface area (Å²) in [6.45, 7) is 4.91. The number of Topliss-reactive ketones (excluding diaryl/α,β-unsaturated/α-hetero) is 1. The number of ketones is 1. The third-order valence-electron chi connectivity index (χ3n) is 6.04. The van der Waals surface area contributed by atoms with E-state index in [1.165, 1.54) is 22.8 Å². The molecule has 1 unspecified atom stereocenters. The monoisotopic (exact) mass is 429 g/mol. The van der Waals surface area contributed by atoms with Crippen molar-refractivity contribution in [2.75, 3.05) is 5.32 Å². The van der Waals surface area contributed by atoms with Gasteiger partial charge in [0.1, 0.15) is 5.82 Å². The number of aryl methyl sites for hydroxylation is 1. The van der Waals surface area contributed by atoms with Gasteiger partial charge < -0.3 is 20.3 Å². The van der Waals surface area contributed by atoms with Crippen molar-refractivity contribution in [2.24, 2.45) is 7.05 Å². The summed E-state index contributed by atoms with van der Waals surface area (Å²) in [7, 11) is 1.62. The fraction of sp³-hybridized carbons (Fsp3) is 0.435. The molecule has 1 fully saturated rings. The minimum atomic E-state index is -0.796. The fourth-order valence-electron chi connectivity index (χ4n) is 4.17. The van der Waals surface area contributed by atoms with Crippen LogP contribution < -0.4 is 10.6 Å². The number of aliphatic hydroxyl groups is 1. The van der Waals surface area contributed by atoms with Gasteiger partial charge in [-0.3, -0.25) is 14.4 Å². The Morgan fingerprint density at radius 1 is 1.13 bits per heavy atom. The molecule has 31 heavy (non-hydrogen) atoms. The van der Waals surface area contributed by atoms with E-state index in [2.05, 4.69) is 10.6 Å². The Morgan fingerprint density at radius 3 is 2.45 bits per heavy atom. The summed E-state index contributed by atoms with van der Waals surface area (Å²) in [4.78, 5) is 38.4. The molecule has 3 rings (SSSR count). The first-order valence-electron chi connectivity index (χ1n) is 10.4. The van der Waals surface area contributed by atoms with Crippen LogP contribution in [-0.4, -0.2) is 39.4 Å². The van der Waals surface area contributed by atoms with Crippen LogP contribution in [0.15, 0.2) is 18.2 Å². The molecular weight excluding hydrogens is 401 g/mol. The lowest BCUT2D eigenvalue weighted by atomic mass is 9.92. The van der Waals surface area contributed by atoms with Crippen LogP contribution in [0.25, 0.3) is 0 Å². The van der Waals surface area contributed by atoms with Crippen LogP contribution in [0.2, 0.25) is 0 Å². The van der Waals surface area contributed by atoms with Crippen LogP contribution in [0.5, 0.6) is 0 Å². The van der Waals surface area contributed by atoms with Gasteiger partial charge in [-0.05, 0) is 62.9 Å². The van der Waals surface area contributed by atoms with Gasteiger partial charge >= 0.3 is 0 Å². The molecule has 2 amide bonds. The first-order chi connectivity index (χ1) is 14.6. The highest BCUT2D eigenvalue weighted by molar-refractivity contribution is 6.43. The first-order valence-corrected chi connectivity index (χ1v) is 10.4. The Balaban J connectivity index is 1.83. The summed E-state index contributed by atoms with van der Waals surface area (Å²) < 4.78 is 15.0. The molecule has 0 bridgehead atoms. The molecule has 3 N–H and O–H groups in total. The molecule has 1 saturated carbocycles. The maximum absolute atomic E-state index is 13.5. The van der Waals surface area contributed by atoms with Crippen molar-refractivity contribution in [1.29, 1.82) is 0 Å². The number of halogens is 1. The molecule has 2 atom stereocenters. The van der Waals surface area contributed by atoms with Crippen LogP contribution in [0.4, 0.5) is 10.1 Å². The number of anilines is 1. The molecule has 8 heteroatoms. The van der Waals surface area contributed by atoms with Crippen molar-refractivity contribution in [3.8, 4) is 0 Å². The average molecular weight is 429 g/mol. The van der Waals surface area contributed by atoms with Gasteiger partial charge in [-0.1, -0.05) is 12.8 Å². The normalized spacial score (nSPS) is 18.5. The zero-order chi connectivity index (χ0) is 22.9. The Morgan fingerprint density at radius 2 is 1.81 bits per heavy atom. The van der Waals surface area contributed by atoms with Gasteiger partial charge in [0, 0.05) is 18.4 Å². The van der Waals surface area contributed by atoms with Gasteiger partial charge in [0.15, 0.2) is 0 Å². The van der Waals surface area contributed by atoms with Gasteiger partial charge in [-0.25, -0.2) is 4.39 Å². The number of aliphatic hydroxyl groups excluding tert-OH is 1. The zero-order valence-electron chi connectivity index (χ0n) is 18.2. The van der Waals surface area contributed by atoms with Crippen molar-refractivity contribution in [3.63, 3.8) is 0 Å². The van der Waals surface area contributed by atoms with E-state index >= 15 is 0 Å². The highest BCUT2D eigenvalue weighted by Crippen LogP contribution is 2.24. The van der Waals surface area contributed by atoms with Crippen LogP contribution in [-0.2, 0) is 11.8 Å². The number of amides is 2. The van der Waals surface area contributed by atoms with E-state index in [0.29, 0.717) is 40.9 Å². The average Bonchev–Trinajstić information content (AvgIpc) is 2.94. The quantitative estimate of drug-likeness (QED) is 0.503. The van der Waals surface area contributed by atoms with Gasteiger partial charge in [0.05, 0.1) is 23.4 Å². The number of hydrogen-bond donors (Lipinski definition) is 3. The first kappa shape index (κ1) is 22.7. The Hall–Kier alpha value is -3.00. The Bertz CT molecular complexity index is 1040. The highest BCUT2D eigenvalue weighted by atomic mass is 19.1. The van der Waals surface area contributed by atoms with Gasteiger partial charge in [0.25, 0.3) is 17.6 Å². The lowest BCUT2D eigenvalue weighted by Crippen LogP contribution is -2.47. The molecule has 2 aromatic rings. The van der Waals surface area contributed by atoms with E-state index in [9.17, 15) is 23.9 Å².